The van der Waals surface area contributed by atoms with Crippen LogP contribution in [-0.2, 0) is 6.54 Å². The van der Waals surface area contributed by atoms with Gasteiger partial charge in [0.25, 0.3) is 0 Å². The molecule has 0 fully saturated rings. The van der Waals surface area contributed by atoms with E-state index in [4.69, 9.17) is 0 Å². The van der Waals surface area contributed by atoms with E-state index < -0.39 is 6.61 Å². The van der Waals surface area contributed by atoms with Gasteiger partial charge in [0.2, 0.25) is 0 Å². The maximum Gasteiger partial charge on any atom is 0.387 e. The van der Waals surface area contributed by atoms with Crippen LogP contribution in [0, 0.1) is 0 Å². The number of hydrogen-bond donors (Lipinski definition) is 2. The van der Waals surface area contributed by atoms with E-state index in [1.807, 2.05) is 6.07 Å². The third kappa shape index (κ3) is 3.84. The second kappa shape index (κ2) is 6.56. The molecule has 3 nitrogen and oxygen atoms in total. The van der Waals surface area contributed by atoms with Gasteiger partial charge in [-0.05, 0) is 46.3 Å². The molecule has 0 radical (unpaired) electrons. The number of rotatable bonds is 5. The Balaban J connectivity index is 1.99. The number of phenolic OH excluding ortho intramolecular Hbond substituents is 1. The van der Waals surface area contributed by atoms with Crippen LogP contribution in [0.5, 0.6) is 11.5 Å². The number of para-hydroxylation sites is 1. The van der Waals surface area contributed by atoms with Crippen LogP contribution in [0.4, 0.5) is 14.5 Å². The summed E-state index contributed by atoms with van der Waals surface area (Å²) in [5.74, 6) is 0.286. The fourth-order valence-electron chi connectivity index (χ4n) is 1.65. The van der Waals surface area contributed by atoms with Gasteiger partial charge in [-0.15, -0.1) is 0 Å². The van der Waals surface area contributed by atoms with Crippen molar-refractivity contribution in [1.82, 2.24) is 0 Å². The smallest absolute Gasteiger partial charge is 0.387 e. The molecule has 0 aliphatic rings. The minimum atomic E-state index is -2.83. The van der Waals surface area contributed by atoms with Crippen LogP contribution < -0.4 is 10.1 Å². The number of benzene rings is 2. The van der Waals surface area contributed by atoms with Crippen LogP contribution in [-0.4, -0.2) is 11.7 Å². The number of halogens is 3. The first-order valence-electron chi connectivity index (χ1n) is 5.81. The molecule has 0 amide bonds. The predicted molar refractivity (Wildman–Crippen MR) is 76.2 cm³/mol. The van der Waals surface area contributed by atoms with Gasteiger partial charge in [0, 0.05) is 17.8 Å². The molecule has 106 valence electrons. The van der Waals surface area contributed by atoms with Crippen molar-refractivity contribution >= 4 is 21.6 Å². The Hall–Kier alpha value is -1.82. The Morgan fingerprint density at radius 3 is 2.50 bits per heavy atom. The Morgan fingerprint density at radius 2 is 1.85 bits per heavy atom. The van der Waals surface area contributed by atoms with Crippen molar-refractivity contribution in [2.75, 3.05) is 5.32 Å². The van der Waals surface area contributed by atoms with Gasteiger partial charge in [0.05, 0.1) is 4.47 Å². The normalized spacial score (nSPS) is 10.6. The second-order valence-corrected chi connectivity index (χ2v) is 4.86. The van der Waals surface area contributed by atoms with E-state index in [2.05, 4.69) is 26.0 Å². The van der Waals surface area contributed by atoms with Crippen molar-refractivity contribution in [1.29, 1.82) is 0 Å². The number of nitrogens with one attached hydrogen (secondary N) is 1. The lowest BCUT2D eigenvalue weighted by Gasteiger charge is -2.10. The summed E-state index contributed by atoms with van der Waals surface area (Å²) in [5.41, 5.74) is 1.47. The van der Waals surface area contributed by atoms with Crippen LogP contribution in [0.25, 0.3) is 0 Å². The average Bonchev–Trinajstić information content (AvgIpc) is 2.41. The first-order chi connectivity index (χ1) is 9.56. The molecule has 20 heavy (non-hydrogen) atoms. The van der Waals surface area contributed by atoms with Crippen molar-refractivity contribution in [3.05, 3.63) is 52.5 Å². The van der Waals surface area contributed by atoms with Crippen LogP contribution in [0.2, 0.25) is 0 Å². The molecule has 0 heterocycles. The van der Waals surface area contributed by atoms with Gasteiger partial charge in [-0.1, -0.05) is 12.1 Å². The number of anilines is 1. The summed E-state index contributed by atoms with van der Waals surface area (Å²) in [5, 5.41) is 12.9. The zero-order valence-electron chi connectivity index (χ0n) is 10.3. The third-order valence-electron chi connectivity index (χ3n) is 2.63. The fourth-order valence-corrected chi connectivity index (χ4v) is 2.06. The first-order valence-corrected chi connectivity index (χ1v) is 6.60. The van der Waals surface area contributed by atoms with Crippen LogP contribution in [0.1, 0.15) is 5.56 Å². The van der Waals surface area contributed by atoms with Crippen LogP contribution in [0.3, 0.4) is 0 Å². The highest BCUT2D eigenvalue weighted by Crippen LogP contribution is 2.28. The Kier molecular flexibility index (Phi) is 4.79. The minimum Gasteiger partial charge on any atom is -0.506 e. The Morgan fingerprint density at radius 1 is 1.15 bits per heavy atom. The zero-order chi connectivity index (χ0) is 14.5. The van der Waals surface area contributed by atoms with Gasteiger partial charge in [-0.2, -0.15) is 8.78 Å². The summed E-state index contributed by atoms with van der Waals surface area (Å²) in [7, 11) is 0. The standard InChI is InChI=1S/C14H12BrF2NO2/c15-12-3-1-2-9(13(12)19)8-18-10-4-6-11(7-5-10)20-14(16)17/h1-7,14,18-19H,8H2. The molecule has 0 atom stereocenters. The predicted octanol–water partition coefficient (Wildman–Crippen LogP) is 4.37. The molecule has 2 N–H and O–H groups in total. The van der Waals surface area contributed by atoms with Crippen molar-refractivity contribution in [2.45, 2.75) is 13.2 Å². The highest BCUT2D eigenvalue weighted by atomic mass is 79.9. The van der Waals surface area contributed by atoms with Gasteiger partial charge in [0.1, 0.15) is 11.5 Å². The maximum atomic E-state index is 12.0. The first kappa shape index (κ1) is 14.6. The Bertz CT molecular complexity index is 576. The quantitative estimate of drug-likeness (QED) is 0.846. The van der Waals surface area contributed by atoms with E-state index in [0.717, 1.165) is 11.3 Å². The third-order valence-corrected chi connectivity index (χ3v) is 3.27. The van der Waals surface area contributed by atoms with Gasteiger partial charge < -0.3 is 15.2 Å². The van der Waals surface area contributed by atoms with Gasteiger partial charge in [0.15, 0.2) is 0 Å². The molecule has 0 saturated carbocycles. The number of alkyl halides is 2. The van der Waals surface area contributed by atoms with E-state index in [1.165, 1.54) is 12.1 Å². The molecule has 2 aromatic rings. The molecular weight excluding hydrogens is 332 g/mol. The number of phenols is 1. The SMILES string of the molecule is Oc1c(Br)cccc1CNc1ccc(OC(F)F)cc1. The minimum absolute atomic E-state index is 0.107. The van der Waals surface area contributed by atoms with E-state index in [1.54, 1.807) is 24.3 Å². The topological polar surface area (TPSA) is 41.5 Å². The second-order valence-electron chi connectivity index (χ2n) is 4.00. The van der Waals surface area contributed by atoms with Gasteiger partial charge >= 0.3 is 6.61 Å². The lowest BCUT2D eigenvalue weighted by molar-refractivity contribution is -0.0498. The molecule has 0 spiro atoms. The van der Waals surface area contributed by atoms with Gasteiger partial charge in [-0.25, -0.2) is 0 Å². The average molecular weight is 344 g/mol. The van der Waals surface area contributed by atoms with Crippen LogP contribution >= 0.6 is 15.9 Å². The molecule has 2 aromatic carbocycles. The van der Waals surface area contributed by atoms with Crippen molar-refractivity contribution in [3.8, 4) is 11.5 Å². The highest BCUT2D eigenvalue weighted by Gasteiger charge is 2.05. The molecule has 0 aliphatic heterocycles. The van der Waals surface area contributed by atoms with E-state index >= 15 is 0 Å². The summed E-state index contributed by atoms with van der Waals surface area (Å²) in [6, 6.07) is 11.5. The zero-order valence-corrected chi connectivity index (χ0v) is 11.9. The van der Waals surface area contributed by atoms with Crippen molar-refractivity contribution in [2.24, 2.45) is 0 Å². The number of ether oxygens (including phenoxy) is 1. The largest absolute Gasteiger partial charge is 0.506 e. The molecular formula is C14H12BrF2NO2. The molecule has 0 aromatic heterocycles. The fraction of sp³-hybridized carbons (Fsp3) is 0.143. The van der Waals surface area contributed by atoms with Gasteiger partial charge in [-0.3, -0.25) is 0 Å². The highest BCUT2D eigenvalue weighted by molar-refractivity contribution is 9.10. The summed E-state index contributed by atoms with van der Waals surface area (Å²) >= 11 is 3.24. The van der Waals surface area contributed by atoms with E-state index in [9.17, 15) is 13.9 Å². The molecule has 0 aliphatic carbocycles. The maximum absolute atomic E-state index is 12.0. The molecule has 0 saturated heterocycles. The van der Waals surface area contributed by atoms with E-state index in [-0.39, 0.29) is 11.5 Å². The lowest BCUT2D eigenvalue weighted by Crippen LogP contribution is -2.02. The van der Waals surface area contributed by atoms with Crippen molar-refractivity contribution in [3.63, 3.8) is 0 Å². The molecule has 0 bridgehead atoms. The summed E-state index contributed by atoms with van der Waals surface area (Å²) in [6.07, 6.45) is 0. The van der Waals surface area contributed by atoms with Crippen molar-refractivity contribution < 1.29 is 18.6 Å². The lowest BCUT2D eigenvalue weighted by atomic mass is 10.2. The number of aromatic hydroxyl groups is 1. The summed E-state index contributed by atoms with van der Waals surface area (Å²) in [6.45, 7) is -2.41. The summed E-state index contributed by atoms with van der Waals surface area (Å²) in [4.78, 5) is 0. The molecule has 0 unspecified atom stereocenters. The number of hydrogen-bond acceptors (Lipinski definition) is 3. The van der Waals surface area contributed by atoms with E-state index in [0.29, 0.717) is 11.0 Å². The summed E-state index contributed by atoms with van der Waals surface area (Å²) < 4.78 is 28.9. The monoisotopic (exact) mass is 343 g/mol. The van der Waals surface area contributed by atoms with Crippen LogP contribution in [0.15, 0.2) is 46.9 Å². The Labute approximate surface area is 123 Å². The molecule has 6 heteroatoms. The molecule has 2 rings (SSSR count).